The summed E-state index contributed by atoms with van der Waals surface area (Å²) >= 11 is 0. The molecular weight excluding hydrogens is 364 g/mol. The maximum Gasteiger partial charge on any atom is 0.184 e. The van der Waals surface area contributed by atoms with E-state index in [2.05, 4.69) is 20.4 Å². The molecule has 1 heterocycles. The molecule has 29 heavy (non-hydrogen) atoms. The quantitative estimate of drug-likeness (QED) is 0.622. The van der Waals surface area contributed by atoms with Crippen molar-refractivity contribution >= 4 is 5.78 Å². The Balaban J connectivity index is 1.62. The summed E-state index contributed by atoms with van der Waals surface area (Å²) in [6.07, 6.45) is 5.81. The molecule has 0 aromatic heterocycles. The van der Waals surface area contributed by atoms with E-state index in [-0.39, 0.29) is 23.6 Å². The molecule has 154 valence electrons. The van der Waals surface area contributed by atoms with Gasteiger partial charge in [-0.25, -0.2) is 0 Å². The molecule has 0 N–H and O–H groups in total. The highest BCUT2D eigenvalue weighted by atomic mass is 16.7. The first-order chi connectivity index (χ1) is 13.9. The van der Waals surface area contributed by atoms with Gasteiger partial charge in [0.2, 0.25) is 0 Å². The zero-order chi connectivity index (χ0) is 20.6. The molecule has 3 atom stereocenters. The minimum atomic E-state index is -0.377. The van der Waals surface area contributed by atoms with Crippen molar-refractivity contribution in [2.75, 3.05) is 13.7 Å². The number of hydrogen-bond donors (Lipinski definition) is 0. The number of carbonyl (C=O) groups excluding carboxylic acids is 1. The summed E-state index contributed by atoms with van der Waals surface area (Å²) in [6, 6.07) is 7.83. The van der Waals surface area contributed by atoms with Gasteiger partial charge < -0.3 is 14.2 Å². The van der Waals surface area contributed by atoms with Crippen molar-refractivity contribution in [3.63, 3.8) is 0 Å². The molecule has 1 aromatic carbocycles. The van der Waals surface area contributed by atoms with Crippen LogP contribution in [0.5, 0.6) is 5.75 Å². The second-order valence-electron chi connectivity index (χ2n) is 8.56. The summed E-state index contributed by atoms with van der Waals surface area (Å²) in [4.78, 5) is 12.4. The maximum atomic E-state index is 12.4. The second-order valence-corrected chi connectivity index (χ2v) is 8.56. The predicted octanol–water partition coefficient (Wildman–Crippen LogP) is 5.46. The summed E-state index contributed by atoms with van der Waals surface area (Å²) in [5.41, 5.74) is 5.54. The van der Waals surface area contributed by atoms with Crippen LogP contribution in [0.15, 0.2) is 59.2 Å². The van der Waals surface area contributed by atoms with Gasteiger partial charge >= 0.3 is 0 Å². The van der Waals surface area contributed by atoms with Gasteiger partial charge in [-0.15, -0.1) is 6.58 Å². The largest absolute Gasteiger partial charge is 0.497 e. The van der Waals surface area contributed by atoms with E-state index in [1.807, 2.05) is 30.3 Å². The van der Waals surface area contributed by atoms with Gasteiger partial charge in [0.05, 0.1) is 19.8 Å². The van der Waals surface area contributed by atoms with E-state index in [1.54, 1.807) is 7.11 Å². The number of benzene rings is 1. The fraction of sp³-hybridized carbons (Fsp3) is 0.480. The van der Waals surface area contributed by atoms with Crippen molar-refractivity contribution in [2.24, 2.45) is 5.41 Å². The molecule has 1 fully saturated rings. The summed E-state index contributed by atoms with van der Waals surface area (Å²) in [7, 11) is 1.66. The molecule has 2 aliphatic carbocycles. The van der Waals surface area contributed by atoms with Crippen LogP contribution in [0.2, 0.25) is 0 Å². The highest BCUT2D eigenvalue weighted by Crippen LogP contribution is 2.49. The topological polar surface area (TPSA) is 44.8 Å². The number of Topliss-reactive ketones (excluding diaryl/α,β-unsaturated/α-hetero) is 1. The lowest BCUT2D eigenvalue weighted by Gasteiger charge is -2.44. The molecule has 3 aliphatic rings. The zero-order valence-corrected chi connectivity index (χ0v) is 17.6. The molecule has 0 spiro atoms. The summed E-state index contributed by atoms with van der Waals surface area (Å²) < 4.78 is 17.8. The smallest absolute Gasteiger partial charge is 0.184 e. The molecule has 4 heteroatoms. The van der Waals surface area contributed by atoms with Crippen molar-refractivity contribution in [3.8, 4) is 5.75 Å². The monoisotopic (exact) mass is 394 g/mol. The van der Waals surface area contributed by atoms with Crippen LogP contribution in [-0.4, -0.2) is 25.6 Å². The van der Waals surface area contributed by atoms with Gasteiger partial charge in [0.15, 0.2) is 12.1 Å². The third-order valence-corrected chi connectivity index (χ3v) is 6.84. The number of hydrogen-bond acceptors (Lipinski definition) is 4. The number of carbonyl (C=O) groups is 1. The SMILES string of the molecule is C=C[C@]1(C)CC[C@@H]2OC(c3ccc(OC)cc3)OCC2=C1CC1=C(C)CCC1=O. The number of allylic oxidation sites excluding steroid dienone is 4. The van der Waals surface area contributed by atoms with Crippen LogP contribution in [0.25, 0.3) is 0 Å². The molecule has 0 bridgehead atoms. The van der Waals surface area contributed by atoms with Gasteiger partial charge in [0.25, 0.3) is 0 Å². The van der Waals surface area contributed by atoms with Gasteiger partial charge in [-0.3, -0.25) is 4.79 Å². The minimum Gasteiger partial charge on any atom is -0.497 e. The van der Waals surface area contributed by atoms with Crippen molar-refractivity contribution in [2.45, 2.75) is 58.3 Å². The Morgan fingerprint density at radius 1 is 1.28 bits per heavy atom. The standard InChI is InChI=1S/C25H30O4/c1-5-25(3)13-12-23-20(21(25)14-19-16(2)6-11-22(19)26)15-28-24(29-23)17-7-9-18(27-4)10-8-17/h5,7-10,23-24H,1,6,11-15H2,2-4H3/t23-,24?,25+/m0/s1. The zero-order valence-electron chi connectivity index (χ0n) is 17.6. The van der Waals surface area contributed by atoms with Crippen LogP contribution in [0, 0.1) is 5.41 Å². The van der Waals surface area contributed by atoms with Crippen LogP contribution in [0.4, 0.5) is 0 Å². The van der Waals surface area contributed by atoms with E-state index in [0.717, 1.165) is 36.1 Å². The van der Waals surface area contributed by atoms with Gasteiger partial charge in [-0.05, 0) is 55.9 Å². The highest BCUT2D eigenvalue weighted by molar-refractivity contribution is 5.99. The first kappa shape index (κ1) is 20.1. The summed E-state index contributed by atoms with van der Waals surface area (Å²) in [6.45, 7) is 8.95. The Morgan fingerprint density at radius 2 is 2.03 bits per heavy atom. The number of ketones is 1. The maximum absolute atomic E-state index is 12.4. The minimum absolute atomic E-state index is 0.0243. The van der Waals surface area contributed by atoms with E-state index in [4.69, 9.17) is 14.2 Å². The molecule has 1 unspecified atom stereocenters. The molecule has 0 saturated carbocycles. The Bertz CT molecular complexity index is 877. The lowest BCUT2D eigenvalue weighted by atomic mass is 9.68. The van der Waals surface area contributed by atoms with E-state index in [0.29, 0.717) is 19.4 Å². The van der Waals surface area contributed by atoms with Crippen molar-refractivity contribution < 1.29 is 19.0 Å². The van der Waals surface area contributed by atoms with Gasteiger partial charge in [-0.2, -0.15) is 0 Å². The Morgan fingerprint density at radius 3 is 2.66 bits per heavy atom. The number of methoxy groups -OCH3 is 1. The van der Waals surface area contributed by atoms with Gasteiger partial charge in [0, 0.05) is 17.4 Å². The van der Waals surface area contributed by atoms with Crippen molar-refractivity contribution in [1.29, 1.82) is 0 Å². The van der Waals surface area contributed by atoms with E-state index in [1.165, 1.54) is 16.7 Å². The molecule has 4 nitrogen and oxygen atoms in total. The van der Waals surface area contributed by atoms with Gasteiger partial charge in [0.1, 0.15) is 5.75 Å². The predicted molar refractivity (Wildman–Crippen MR) is 113 cm³/mol. The normalized spacial score (nSPS) is 29.8. The molecular formula is C25H30O4. The van der Waals surface area contributed by atoms with Gasteiger partial charge in [-0.1, -0.05) is 36.3 Å². The third kappa shape index (κ3) is 3.72. The van der Waals surface area contributed by atoms with Crippen molar-refractivity contribution in [1.82, 2.24) is 0 Å². The summed E-state index contributed by atoms with van der Waals surface area (Å²) in [5.74, 6) is 1.11. The van der Waals surface area contributed by atoms with E-state index >= 15 is 0 Å². The molecule has 1 saturated heterocycles. The highest BCUT2D eigenvalue weighted by Gasteiger charge is 2.41. The Kier molecular flexibility index (Phi) is 5.50. The molecule has 1 aromatic rings. The average Bonchev–Trinajstić information content (AvgIpc) is 3.07. The number of ether oxygens (including phenoxy) is 3. The fourth-order valence-electron chi connectivity index (χ4n) is 4.74. The van der Waals surface area contributed by atoms with Crippen LogP contribution in [-0.2, 0) is 14.3 Å². The lowest BCUT2D eigenvalue weighted by Crippen LogP contribution is -2.38. The molecule has 0 radical (unpaired) electrons. The second kappa shape index (κ2) is 7.92. The average molecular weight is 395 g/mol. The summed E-state index contributed by atoms with van der Waals surface area (Å²) in [5, 5.41) is 0. The van der Waals surface area contributed by atoms with E-state index < -0.39 is 0 Å². The van der Waals surface area contributed by atoms with Crippen molar-refractivity contribution in [3.05, 3.63) is 64.8 Å². The third-order valence-electron chi connectivity index (χ3n) is 6.84. The number of rotatable bonds is 5. The Hall–Kier alpha value is -2.17. The van der Waals surface area contributed by atoms with Crippen LogP contribution >= 0.6 is 0 Å². The molecule has 0 amide bonds. The van der Waals surface area contributed by atoms with Crippen LogP contribution in [0.1, 0.15) is 57.8 Å². The first-order valence-corrected chi connectivity index (χ1v) is 10.4. The molecule has 4 rings (SSSR count). The van der Waals surface area contributed by atoms with Crippen LogP contribution in [0.3, 0.4) is 0 Å². The Labute approximate surface area is 173 Å². The van der Waals surface area contributed by atoms with E-state index in [9.17, 15) is 4.79 Å². The lowest BCUT2D eigenvalue weighted by molar-refractivity contribution is -0.197. The van der Waals surface area contributed by atoms with Crippen LogP contribution < -0.4 is 4.74 Å². The number of fused-ring (bicyclic) bond motifs is 1. The fourth-order valence-corrected chi connectivity index (χ4v) is 4.74. The first-order valence-electron chi connectivity index (χ1n) is 10.4. The molecule has 1 aliphatic heterocycles.